The quantitative estimate of drug-likeness (QED) is 0.874. The van der Waals surface area contributed by atoms with E-state index < -0.39 is 0 Å². The van der Waals surface area contributed by atoms with Crippen LogP contribution < -0.4 is 0 Å². The molecular formula is C17H23N5O. The van der Waals surface area contributed by atoms with E-state index in [0.29, 0.717) is 0 Å². The lowest BCUT2D eigenvalue weighted by Gasteiger charge is -2.31. The van der Waals surface area contributed by atoms with Crippen molar-refractivity contribution in [3.63, 3.8) is 0 Å². The zero-order valence-corrected chi connectivity index (χ0v) is 13.9. The van der Waals surface area contributed by atoms with Crippen LogP contribution in [0.5, 0.6) is 0 Å². The molecule has 2 aromatic heterocycles. The number of carbonyl (C=O) groups excluding carboxylic acids is 1. The van der Waals surface area contributed by atoms with Gasteiger partial charge in [0.05, 0.1) is 17.6 Å². The monoisotopic (exact) mass is 313 g/mol. The summed E-state index contributed by atoms with van der Waals surface area (Å²) in [7, 11) is 0. The molecule has 1 aliphatic rings. The first-order valence-electron chi connectivity index (χ1n) is 8.17. The summed E-state index contributed by atoms with van der Waals surface area (Å²) < 4.78 is 1.95. The molecule has 1 aliphatic heterocycles. The van der Waals surface area contributed by atoms with Crippen LogP contribution in [0.15, 0.2) is 24.7 Å². The Morgan fingerprint density at radius 3 is 2.78 bits per heavy atom. The van der Waals surface area contributed by atoms with Gasteiger partial charge in [-0.05, 0) is 32.8 Å². The van der Waals surface area contributed by atoms with E-state index >= 15 is 0 Å². The molecule has 6 nitrogen and oxygen atoms in total. The number of aromatic nitrogens is 4. The zero-order valence-electron chi connectivity index (χ0n) is 13.9. The van der Waals surface area contributed by atoms with Gasteiger partial charge in [0.25, 0.3) is 0 Å². The molecular weight excluding hydrogens is 290 g/mol. The van der Waals surface area contributed by atoms with Gasteiger partial charge in [-0.3, -0.25) is 19.4 Å². The van der Waals surface area contributed by atoms with Crippen LogP contribution in [0.4, 0.5) is 0 Å². The first-order valence-corrected chi connectivity index (χ1v) is 8.17. The number of piperidine rings is 1. The summed E-state index contributed by atoms with van der Waals surface area (Å²) in [6, 6.07) is 2.24. The molecule has 3 heterocycles. The van der Waals surface area contributed by atoms with Crippen molar-refractivity contribution < 1.29 is 4.79 Å². The third-order valence-corrected chi connectivity index (χ3v) is 4.38. The van der Waals surface area contributed by atoms with Crippen molar-refractivity contribution in [2.75, 3.05) is 13.1 Å². The Morgan fingerprint density at radius 2 is 2.13 bits per heavy atom. The lowest BCUT2D eigenvalue weighted by molar-refractivity contribution is -0.130. The molecule has 1 amide bonds. The van der Waals surface area contributed by atoms with E-state index in [1.165, 1.54) is 0 Å². The maximum absolute atomic E-state index is 11.6. The Labute approximate surface area is 136 Å². The van der Waals surface area contributed by atoms with Crippen LogP contribution >= 0.6 is 0 Å². The molecule has 0 aromatic carbocycles. The minimum absolute atomic E-state index is 0.139. The number of carbonyl (C=O) groups is 1. The van der Waals surface area contributed by atoms with E-state index in [1.54, 1.807) is 13.1 Å². The average molecular weight is 313 g/mol. The van der Waals surface area contributed by atoms with E-state index in [4.69, 9.17) is 0 Å². The second kappa shape index (κ2) is 6.48. The molecule has 1 saturated heterocycles. The molecule has 0 bridgehead atoms. The van der Waals surface area contributed by atoms with E-state index in [1.807, 2.05) is 28.0 Å². The van der Waals surface area contributed by atoms with Gasteiger partial charge in [-0.25, -0.2) is 0 Å². The summed E-state index contributed by atoms with van der Waals surface area (Å²) in [5.74, 6) is 0.421. The molecule has 3 rings (SSSR count). The van der Waals surface area contributed by atoms with Crippen molar-refractivity contribution in [2.24, 2.45) is 0 Å². The van der Waals surface area contributed by atoms with E-state index in [9.17, 15) is 4.79 Å². The highest BCUT2D eigenvalue weighted by Crippen LogP contribution is 2.26. The number of rotatable bonds is 3. The Kier molecular flexibility index (Phi) is 4.41. The summed E-state index contributed by atoms with van der Waals surface area (Å²) in [5, 5.41) is 4.34. The zero-order chi connectivity index (χ0) is 16.4. The van der Waals surface area contributed by atoms with Gasteiger partial charge in [0.1, 0.15) is 5.69 Å². The van der Waals surface area contributed by atoms with Crippen LogP contribution in [0, 0.1) is 0 Å². The molecule has 1 fully saturated rings. The van der Waals surface area contributed by atoms with Crippen molar-refractivity contribution in [1.29, 1.82) is 0 Å². The molecule has 23 heavy (non-hydrogen) atoms. The fourth-order valence-electron chi connectivity index (χ4n) is 3.11. The minimum atomic E-state index is 0.139. The fourth-order valence-corrected chi connectivity index (χ4v) is 3.11. The van der Waals surface area contributed by atoms with E-state index in [2.05, 4.69) is 28.9 Å². The Hall–Kier alpha value is -2.24. The first kappa shape index (κ1) is 15.6. The van der Waals surface area contributed by atoms with Crippen molar-refractivity contribution in [3.8, 4) is 11.4 Å². The molecule has 0 spiro atoms. The topological polar surface area (TPSA) is 63.9 Å². The van der Waals surface area contributed by atoms with E-state index in [-0.39, 0.29) is 17.9 Å². The predicted molar refractivity (Wildman–Crippen MR) is 87.9 cm³/mol. The van der Waals surface area contributed by atoms with Crippen LogP contribution in [0.1, 0.15) is 51.3 Å². The van der Waals surface area contributed by atoms with E-state index in [0.717, 1.165) is 43.0 Å². The van der Waals surface area contributed by atoms with Gasteiger partial charge in [-0.2, -0.15) is 5.10 Å². The lowest BCUT2D eigenvalue weighted by atomic mass is 9.95. The fraction of sp³-hybridized carbons (Fsp3) is 0.529. The molecule has 0 aliphatic carbocycles. The molecule has 0 radical (unpaired) electrons. The second-order valence-electron chi connectivity index (χ2n) is 6.39. The SMILES string of the molecule is CC(=O)N1CCC[C@@H](c2cnc(-c3ccnn3C(C)C)cn2)C1. The lowest BCUT2D eigenvalue weighted by Crippen LogP contribution is -2.37. The van der Waals surface area contributed by atoms with Gasteiger partial charge in [-0.1, -0.05) is 0 Å². The molecule has 122 valence electrons. The number of likely N-dealkylation sites (tertiary alicyclic amines) is 1. The predicted octanol–water partition coefficient (Wildman–Crippen LogP) is 2.65. The molecule has 1 atom stereocenters. The Bertz CT molecular complexity index is 677. The van der Waals surface area contributed by atoms with Gasteiger partial charge in [0.15, 0.2) is 0 Å². The molecule has 0 unspecified atom stereocenters. The van der Waals surface area contributed by atoms with Crippen LogP contribution in [-0.2, 0) is 4.79 Å². The maximum atomic E-state index is 11.6. The molecule has 0 N–H and O–H groups in total. The molecule has 2 aromatic rings. The van der Waals surface area contributed by atoms with Gasteiger partial charge in [-0.15, -0.1) is 0 Å². The smallest absolute Gasteiger partial charge is 0.219 e. The first-order chi connectivity index (χ1) is 11.1. The summed E-state index contributed by atoms with van der Waals surface area (Å²) in [6.07, 6.45) is 7.53. The number of amides is 1. The highest BCUT2D eigenvalue weighted by atomic mass is 16.2. The van der Waals surface area contributed by atoms with Gasteiger partial charge >= 0.3 is 0 Å². The number of hydrogen-bond acceptors (Lipinski definition) is 4. The Morgan fingerprint density at radius 1 is 1.30 bits per heavy atom. The van der Waals surface area contributed by atoms with Crippen molar-refractivity contribution >= 4 is 5.91 Å². The molecule has 6 heteroatoms. The van der Waals surface area contributed by atoms with Crippen LogP contribution in [0.2, 0.25) is 0 Å². The normalized spacial score (nSPS) is 18.4. The average Bonchev–Trinajstić information content (AvgIpc) is 3.05. The largest absolute Gasteiger partial charge is 0.342 e. The van der Waals surface area contributed by atoms with Crippen molar-refractivity contribution in [3.05, 3.63) is 30.4 Å². The van der Waals surface area contributed by atoms with Gasteiger partial charge in [0.2, 0.25) is 5.91 Å². The third-order valence-electron chi connectivity index (χ3n) is 4.38. The van der Waals surface area contributed by atoms with Gasteiger partial charge in [0, 0.05) is 44.4 Å². The summed E-state index contributed by atoms with van der Waals surface area (Å²) >= 11 is 0. The third kappa shape index (κ3) is 3.25. The van der Waals surface area contributed by atoms with Crippen LogP contribution in [0.25, 0.3) is 11.4 Å². The summed E-state index contributed by atoms with van der Waals surface area (Å²) in [6.45, 7) is 7.41. The number of nitrogens with zero attached hydrogens (tertiary/aromatic N) is 5. The second-order valence-corrected chi connectivity index (χ2v) is 6.39. The number of hydrogen-bond donors (Lipinski definition) is 0. The summed E-state index contributed by atoms with van der Waals surface area (Å²) in [5.41, 5.74) is 2.78. The maximum Gasteiger partial charge on any atom is 0.219 e. The minimum Gasteiger partial charge on any atom is -0.342 e. The Balaban J connectivity index is 1.79. The highest BCUT2D eigenvalue weighted by Gasteiger charge is 2.24. The van der Waals surface area contributed by atoms with Crippen LogP contribution in [-0.4, -0.2) is 43.6 Å². The van der Waals surface area contributed by atoms with Gasteiger partial charge < -0.3 is 4.90 Å². The highest BCUT2D eigenvalue weighted by molar-refractivity contribution is 5.73. The summed E-state index contributed by atoms with van der Waals surface area (Å²) in [4.78, 5) is 22.7. The van der Waals surface area contributed by atoms with Crippen LogP contribution in [0.3, 0.4) is 0 Å². The van der Waals surface area contributed by atoms with Crippen molar-refractivity contribution in [1.82, 2.24) is 24.6 Å². The molecule has 0 saturated carbocycles. The van der Waals surface area contributed by atoms with Crippen molar-refractivity contribution in [2.45, 2.75) is 45.6 Å². The standard InChI is InChI=1S/C17H23N5O/c1-12(2)22-17(6-7-20-22)16-10-18-15(9-19-16)14-5-4-8-21(11-14)13(3)23/h6-7,9-10,12,14H,4-5,8,11H2,1-3H3/t14-/m1/s1.